The molecule has 0 unspecified atom stereocenters. The first kappa shape index (κ1) is 16.3. The van der Waals surface area contributed by atoms with Crippen LogP contribution in [0.3, 0.4) is 0 Å². The largest absolute Gasteiger partial charge is 0.340 e. The number of carbonyl (C=O) groups excluding carboxylic acids is 1. The summed E-state index contributed by atoms with van der Waals surface area (Å²) in [5.41, 5.74) is 0. The smallest absolute Gasteiger partial charge is 0.219 e. The molecule has 0 aromatic rings. The van der Waals surface area contributed by atoms with E-state index in [1.54, 1.807) is 6.92 Å². The number of hydrogen-bond acceptors (Lipinski definition) is 3. The summed E-state index contributed by atoms with van der Waals surface area (Å²) < 4.78 is 0. The van der Waals surface area contributed by atoms with Gasteiger partial charge in [0.05, 0.1) is 0 Å². The first-order valence-corrected chi connectivity index (χ1v) is 9.35. The fraction of sp³-hybridized carbons (Fsp3) is 0.944. The van der Waals surface area contributed by atoms with Gasteiger partial charge in [-0.15, -0.1) is 0 Å². The molecule has 4 nitrogen and oxygen atoms in total. The third-order valence-electron chi connectivity index (χ3n) is 6.21. The Hall–Kier alpha value is -0.610. The molecule has 0 radical (unpaired) electrons. The zero-order valence-electron chi connectivity index (χ0n) is 14.5. The van der Waals surface area contributed by atoms with Crippen LogP contribution in [0.2, 0.25) is 0 Å². The molecule has 126 valence electrons. The van der Waals surface area contributed by atoms with Gasteiger partial charge in [0.15, 0.2) is 0 Å². The third kappa shape index (κ3) is 3.83. The van der Waals surface area contributed by atoms with Gasteiger partial charge in [0.25, 0.3) is 0 Å². The molecule has 3 aliphatic rings. The van der Waals surface area contributed by atoms with E-state index >= 15 is 0 Å². The first-order chi connectivity index (χ1) is 10.6. The predicted octanol–water partition coefficient (Wildman–Crippen LogP) is 2.05. The zero-order valence-corrected chi connectivity index (χ0v) is 14.5. The number of amides is 1. The van der Waals surface area contributed by atoms with Crippen molar-refractivity contribution in [3.63, 3.8) is 0 Å². The van der Waals surface area contributed by atoms with Gasteiger partial charge in [-0.1, -0.05) is 32.6 Å². The number of hydrogen-bond donors (Lipinski definition) is 0. The summed E-state index contributed by atoms with van der Waals surface area (Å²) in [6.07, 6.45) is 7.28. The number of nitrogens with zero attached hydrogens (tertiary/aromatic N) is 3. The van der Waals surface area contributed by atoms with Gasteiger partial charge in [0.1, 0.15) is 0 Å². The van der Waals surface area contributed by atoms with Crippen molar-refractivity contribution < 1.29 is 4.79 Å². The number of carbonyl (C=O) groups is 1. The molecule has 1 saturated carbocycles. The topological polar surface area (TPSA) is 26.8 Å². The Bertz CT molecular complexity index is 373. The molecule has 0 aromatic heterocycles. The SMILES string of the molecule is CC(=O)N1CCN([C@@H]2CN(CCC3CCCC3)C[C@H]2C)CC1. The summed E-state index contributed by atoms with van der Waals surface area (Å²) in [6, 6.07) is 0.706. The van der Waals surface area contributed by atoms with Crippen LogP contribution in [0.5, 0.6) is 0 Å². The van der Waals surface area contributed by atoms with E-state index in [4.69, 9.17) is 0 Å². The van der Waals surface area contributed by atoms with Crippen molar-refractivity contribution in [2.75, 3.05) is 45.8 Å². The third-order valence-corrected chi connectivity index (χ3v) is 6.21. The molecule has 2 aliphatic heterocycles. The van der Waals surface area contributed by atoms with Crippen molar-refractivity contribution in [3.05, 3.63) is 0 Å². The van der Waals surface area contributed by atoms with E-state index in [-0.39, 0.29) is 5.91 Å². The van der Waals surface area contributed by atoms with Gasteiger partial charge >= 0.3 is 0 Å². The molecule has 1 amide bonds. The number of rotatable bonds is 4. The van der Waals surface area contributed by atoms with E-state index in [1.807, 2.05) is 4.90 Å². The Morgan fingerprint density at radius 1 is 1.05 bits per heavy atom. The van der Waals surface area contributed by atoms with Gasteiger partial charge in [-0.05, 0) is 24.8 Å². The highest BCUT2D eigenvalue weighted by molar-refractivity contribution is 5.73. The van der Waals surface area contributed by atoms with Crippen LogP contribution in [0, 0.1) is 11.8 Å². The fourth-order valence-corrected chi connectivity index (χ4v) is 4.74. The Balaban J connectivity index is 1.43. The van der Waals surface area contributed by atoms with Crippen molar-refractivity contribution in [3.8, 4) is 0 Å². The predicted molar refractivity (Wildman–Crippen MR) is 89.8 cm³/mol. The Morgan fingerprint density at radius 3 is 2.36 bits per heavy atom. The molecule has 0 spiro atoms. The second kappa shape index (κ2) is 7.31. The van der Waals surface area contributed by atoms with E-state index in [9.17, 15) is 4.79 Å². The summed E-state index contributed by atoms with van der Waals surface area (Å²) >= 11 is 0. The van der Waals surface area contributed by atoms with Crippen molar-refractivity contribution in [2.45, 2.75) is 52.0 Å². The number of likely N-dealkylation sites (tertiary alicyclic amines) is 1. The van der Waals surface area contributed by atoms with Crippen molar-refractivity contribution in [2.24, 2.45) is 11.8 Å². The highest BCUT2D eigenvalue weighted by Crippen LogP contribution is 2.29. The first-order valence-electron chi connectivity index (χ1n) is 9.35. The average Bonchev–Trinajstić information content (AvgIpc) is 3.14. The maximum absolute atomic E-state index is 11.5. The van der Waals surface area contributed by atoms with E-state index in [1.165, 1.54) is 51.7 Å². The Kier molecular flexibility index (Phi) is 5.40. The lowest BCUT2D eigenvalue weighted by Crippen LogP contribution is -2.53. The van der Waals surface area contributed by atoms with Crippen LogP contribution in [0.4, 0.5) is 0 Å². The van der Waals surface area contributed by atoms with Gasteiger partial charge in [-0.3, -0.25) is 9.69 Å². The monoisotopic (exact) mass is 307 g/mol. The highest BCUT2D eigenvalue weighted by atomic mass is 16.2. The summed E-state index contributed by atoms with van der Waals surface area (Å²) in [6.45, 7) is 11.9. The molecule has 3 rings (SSSR count). The zero-order chi connectivity index (χ0) is 15.5. The second-order valence-electron chi connectivity index (χ2n) is 7.79. The second-order valence-corrected chi connectivity index (χ2v) is 7.79. The van der Waals surface area contributed by atoms with E-state index < -0.39 is 0 Å². The van der Waals surface area contributed by atoms with Crippen LogP contribution in [0.1, 0.15) is 46.0 Å². The minimum atomic E-state index is 0.234. The molecule has 2 saturated heterocycles. The van der Waals surface area contributed by atoms with Crippen LogP contribution in [-0.4, -0.2) is 72.5 Å². The molecule has 0 bridgehead atoms. The standard InChI is InChI=1S/C18H33N3O/c1-15-13-19(8-7-17-5-3-4-6-17)14-18(15)21-11-9-20(10-12-21)16(2)22/h15,17-18H,3-14H2,1-2H3/t15-,18-/m1/s1. The minimum Gasteiger partial charge on any atom is -0.340 e. The lowest BCUT2D eigenvalue weighted by Gasteiger charge is -2.39. The molecule has 0 aromatic carbocycles. The van der Waals surface area contributed by atoms with Gasteiger partial charge in [0, 0.05) is 52.2 Å². The van der Waals surface area contributed by atoms with Gasteiger partial charge in [-0.2, -0.15) is 0 Å². The van der Waals surface area contributed by atoms with Crippen molar-refractivity contribution >= 4 is 5.91 Å². The number of piperazine rings is 1. The maximum atomic E-state index is 11.5. The van der Waals surface area contributed by atoms with Gasteiger partial charge < -0.3 is 9.80 Å². The van der Waals surface area contributed by atoms with Crippen LogP contribution < -0.4 is 0 Å². The summed E-state index contributed by atoms with van der Waals surface area (Å²) in [4.78, 5) is 18.8. The van der Waals surface area contributed by atoms with Gasteiger partial charge in [-0.25, -0.2) is 0 Å². The summed E-state index contributed by atoms with van der Waals surface area (Å²) in [5.74, 6) is 2.01. The molecule has 2 heterocycles. The maximum Gasteiger partial charge on any atom is 0.219 e. The van der Waals surface area contributed by atoms with Crippen LogP contribution in [0.15, 0.2) is 0 Å². The normalized spacial score (nSPS) is 32.0. The van der Waals surface area contributed by atoms with Crippen LogP contribution >= 0.6 is 0 Å². The molecule has 22 heavy (non-hydrogen) atoms. The Morgan fingerprint density at radius 2 is 1.73 bits per heavy atom. The van der Waals surface area contributed by atoms with E-state index in [0.29, 0.717) is 6.04 Å². The van der Waals surface area contributed by atoms with Gasteiger partial charge in [0.2, 0.25) is 5.91 Å². The van der Waals surface area contributed by atoms with Crippen molar-refractivity contribution in [1.82, 2.24) is 14.7 Å². The molecule has 0 N–H and O–H groups in total. The minimum absolute atomic E-state index is 0.234. The molecular weight excluding hydrogens is 274 g/mol. The van der Waals surface area contributed by atoms with E-state index in [2.05, 4.69) is 16.7 Å². The Labute approximate surface area is 135 Å². The lowest BCUT2D eigenvalue weighted by atomic mass is 10.0. The molecule has 4 heteroatoms. The fourth-order valence-electron chi connectivity index (χ4n) is 4.74. The van der Waals surface area contributed by atoms with Crippen molar-refractivity contribution in [1.29, 1.82) is 0 Å². The van der Waals surface area contributed by atoms with Crippen LogP contribution in [-0.2, 0) is 4.79 Å². The lowest BCUT2D eigenvalue weighted by molar-refractivity contribution is -0.130. The molecule has 1 aliphatic carbocycles. The molecule has 3 fully saturated rings. The molecular formula is C18H33N3O. The van der Waals surface area contributed by atoms with Crippen LogP contribution in [0.25, 0.3) is 0 Å². The summed E-state index contributed by atoms with van der Waals surface area (Å²) in [5, 5.41) is 0. The highest BCUT2D eigenvalue weighted by Gasteiger charge is 2.35. The quantitative estimate of drug-likeness (QED) is 0.795. The molecule has 2 atom stereocenters. The summed E-state index contributed by atoms with van der Waals surface area (Å²) in [7, 11) is 0. The average molecular weight is 307 g/mol. The van der Waals surface area contributed by atoms with E-state index in [0.717, 1.165) is 38.0 Å².